The summed E-state index contributed by atoms with van der Waals surface area (Å²) in [5.74, 6) is -0.954. The largest absolute Gasteiger partial charge is 0.478 e. The monoisotopic (exact) mass is 397 g/mol. The molecule has 3 nitrogen and oxygen atoms in total. The van der Waals surface area contributed by atoms with E-state index in [0.29, 0.717) is 5.69 Å². The molecule has 0 fully saturated rings. The van der Waals surface area contributed by atoms with E-state index in [2.05, 4.69) is 36.4 Å². The number of carboxylic acids is 1. The standard InChI is InChI=1S/C25H20NO2P/c27-25(28)20-11-10-12-21(19-20)26-29(22-13-4-1-5-14-22,23-15-6-2-7-16-23)24-17-8-3-9-18-24/h1-19H,(H,27,28). The Labute approximate surface area is 170 Å². The van der Waals surface area contributed by atoms with Crippen LogP contribution in [0.25, 0.3) is 0 Å². The van der Waals surface area contributed by atoms with Gasteiger partial charge in [0.25, 0.3) is 0 Å². The number of nitrogens with zero attached hydrogens (tertiary/aromatic N) is 1. The van der Waals surface area contributed by atoms with Gasteiger partial charge in [-0.3, -0.25) is 4.74 Å². The summed E-state index contributed by atoms with van der Waals surface area (Å²) in [5.41, 5.74) is 0.897. The third-order valence-corrected chi connectivity index (χ3v) is 8.42. The van der Waals surface area contributed by atoms with Gasteiger partial charge in [-0.1, -0.05) is 97.1 Å². The lowest BCUT2D eigenvalue weighted by Gasteiger charge is -2.27. The molecular formula is C25H20NO2P. The van der Waals surface area contributed by atoms with Crippen LogP contribution in [0, 0.1) is 0 Å². The number of hydrogen-bond donors (Lipinski definition) is 1. The van der Waals surface area contributed by atoms with Crippen molar-refractivity contribution in [3.05, 3.63) is 121 Å². The molecule has 4 aromatic carbocycles. The van der Waals surface area contributed by atoms with Crippen LogP contribution in [0.2, 0.25) is 0 Å². The molecule has 0 atom stereocenters. The van der Waals surface area contributed by atoms with E-state index in [4.69, 9.17) is 4.74 Å². The maximum atomic E-state index is 11.5. The first-order valence-electron chi connectivity index (χ1n) is 9.33. The summed E-state index contributed by atoms with van der Waals surface area (Å²) in [5, 5.41) is 12.8. The molecular weight excluding hydrogens is 377 g/mol. The van der Waals surface area contributed by atoms with Crippen molar-refractivity contribution in [2.45, 2.75) is 0 Å². The summed E-state index contributed by atoms with van der Waals surface area (Å²) in [6.45, 7) is 0. The molecule has 1 N–H and O–H groups in total. The van der Waals surface area contributed by atoms with Crippen LogP contribution < -0.4 is 15.9 Å². The Morgan fingerprint density at radius 2 is 1.07 bits per heavy atom. The van der Waals surface area contributed by atoms with Crippen LogP contribution >= 0.6 is 7.05 Å². The maximum absolute atomic E-state index is 11.5. The predicted octanol–water partition coefficient (Wildman–Crippen LogP) is 5.19. The first-order valence-corrected chi connectivity index (χ1v) is 11.1. The van der Waals surface area contributed by atoms with Crippen molar-refractivity contribution in [3.63, 3.8) is 0 Å². The number of rotatable bonds is 5. The summed E-state index contributed by atoms with van der Waals surface area (Å²) < 4.78 is 5.29. The molecule has 0 saturated heterocycles. The molecule has 0 bridgehead atoms. The zero-order valence-electron chi connectivity index (χ0n) is 15.7. The zero-order valence-corrected chi connectivity index (χ0v) is 16.6. The van der Waals surface area contributed by atoms with E-state index in [1.54, 1.807) is 18.2 Å². The van der Waals surface area contributed by atoms with Crippen molar-refractivity contribution in [3.8, 4) is 0 Å². The molecule has 0 aromatic heterocycles. The fraction of sp³-hybridized carbons (Fsp3) is 0. The average molecular weight is 397 g/mol. The lowest BCUT2D eigenvalue weighted by Crippen LogP contribution is -2.25. The maximum Gasteiger partial charge on any atom is 0.335 e. The third-order valence-electron chi connectivity index (χ3n) is 4.75. The topological polar surface area (TPSA) is 49.7 Å². The van der Waals surface area contributed by atoms with Gasteiger partial charge in [0.15, 0.2) is 0 Å². The summed E-state index contributed by atoms with van der Waals surface area (Å²) in [6.07, 6.45) is 0. The molecule has 29 heavy (non-hydrogen) atoms. The minimum Gasteiger partial charge on any atom is -0.478 e. The van der Waals surface area contributed by atoms with E-state index in [-0.39, 0.29) is 5.56 Å². The number of hydrogen-bond acceptors (Lipinski definition) is 2. The SMILES string of the molecule is O=C(O)c1cccc(N=P(c2ccccc2)(c2ccccc2)c2ccccc2)c1. The minimum atomic E-state index is -2.39. The highest BCUT2D eigenvalue weighted by atomic mass is 31.2. The molecule has 0 saturated carbocycles. The van der Waals surface area contributed by atoms with Crippen LogP contribution in [0.4, 0.5) is 5.69 Å². The number of aromatic carboxylic acids is 1. The Hall–Kier alpha value is -3.42. The highest BCUT2D eigenvalue weighted by Crippen LogP contribution is 2.49. The van der Waals surface area contributed by atoms with Crippen LogP contribution in [0.15, 0.2) is 120 Å². The molecule has 0 amide bonds. The molecule has 0 aliphatic rings. The number of carboxylic acid groups (broad SMARTS) is 1. The summed E-state index contributed by atoms with van der Waals surface area (Å²) in [7, 11) is -2.39. The molecule has 0 heterocycles. The Balaban J connectivity index is 2.11. The van der Waals surface area contributed by atoms with Gasteiger partial charge in [-0.2, -0.15) is 0 Å². The summed E-state index contributed by atoms with van der Waals surface area (Å²) in [4.78, 5) is 11.5. The first kappa shape index (κ1) is 18.9. The minimum absolute atomic E-state index is 0.235. The lowest BCUT2D eigenvalue weighted by atomic mass is 10.2. The quantitative estimate of drug-likeness (QED) is 0.471. The second-order valence-corrected chi connectivity index (χ2v) is 9.62. The number of benzene rings is 4. The molecule has 0 aliphatic heterocycles. The van der Waals surface area contributed by atoms with Gasteiger partial charge in [-0.05, 0) is 18.2 Å². The molecule has 4 aromatic rings. The predicted molar refractivity (Wildman–Crippen MR) is 121 cm³/mol. The molecule has 0 aliphatic carbocycles. The normalized spacial score (nSPS) is 11.0. The van der Waals surface area contributed by atoms with Crippen LogP contribution in [0.5, 0.6) is 0 Å². The smallest absolute Gasteiger partial charge is 0.335 e. The van der Waals surface area contributed by atoms with Gasteiger partial charge in [-0.15, -0.1) is 0 Å². The van der Waals surface area contributed by atoms with E-state index >= 15 is 0 Å². The van der Waals surface area contributed by atoms with Gasteiger partial charge < -0.3 is 5.11 Å². The van der Waals surface area contributed by atoms with Gasteiger partial charge in [0.05, 0.1) is 18.3 Å². The van der Waals surface area contributed by atoms with Crippen molar-refractivity contribution in [2.24, 2.45) is 4.74 Å². The van der Waals surface area contributed by atoms with Crippen molar-refractivity contribution < 1.29 is 9.90 Å². The van der Waals surface area contributed by atoms with Gasteiger partial charge in [0, 0.05) is 15.9 Å². The van der Waals surface area contributed by atoms with E-state index < -0.39 is 13.0 Å². The van der Waals surface area contributed by atoms with Crippen molar-refractivity contribution in [2.75, 3.05) is 0 Å². The Kier molecular flexibility index (Phi) is 5.41. The van der Waals surface area contributed by atoms with Gasteiger partial charge in [0.2, 0.25) is 0 Å². The highest BCUT2D eigenvalue weighted by Gasteiger charge is 2.27. The Morgan fingerprint density at radius 3 is 1.48 bits per heavy atom. The third kappa shape index (κ3) is 3.78. The second kappa shape index (κ2) is 8.30. The zero-order chi connectivity index (χ0) is 20.1. The molecule has 4 rings (SSSR count). The van der Waals surface area contributed by atoms with Crippen LogP contribution in [0.1, 0.15) is 10.4 Å². The molecule has 0 unspecified atom stereocenters. The van der Waals surface area contributed by atoms with Crippen LogP contribution in [-0.4, -0.2) is 11.1 Å². The van der Waals surface area contributed by atoms with Gasteiger partial charge in [-0.25, -0.2) is 4.79 Å². The van der Waals surface area contributed by atoms with E-state index in [0.717, 1.165) is 15.9 Å². The van der Waals surface area contributed by atoms with Crippen LogP contribution in [-0.2, 0) is 0 Å². The second-order valence-electron chi connectivity index (χ2n) is 6.60. The lowest BCUT2D eigenvalue weighted by molar-refractivity contribution is 0.0697. The summed E-state index contributed by atoms with van der Waals surface area (Å²) in [6, 6.07) is 37.7. The van der Waals surface area contributed by atoms with Crippen LogP contribution in [0.3, 0.4) is 0 Å². The molecule has 0 radical (unpaired) electrons. The molecule has 0 spiro atoms. The van der Waals surface area contributed by atoms with E-state index in [1.165, 1.54) is 0 Å². The Bertz CT molecular complexity index is 1070. The fourth-order valence-electron chi connectivity index (χ4n) is 3.43. The van der Waals surface area contributed by atoms with Gasteiger partial charge >= 0.3 is 5.97 Å². The van der Waals surface area contributed by atoms with Crippen molar-refractivity contribution in [1.29, 1.82) is 0 Å². The summed E-state index contributed by atoms with van der Waals surface area (Å²) >= 11 is 0. The number of carbonyl (C=O) groups is 1. The molecule has 142 valence electrons. The van der Waals surface area contributed by atoms with E-state index in [1.807, 2.05) is 60.7 Å². The van der Waals surface area contributed by atoms with E-state index in [9.17, 15) is 9.90 Å². The molecule has 4 heteroatoms. The fourth-order valence-corrected chi connectivity index (χ4v) is 6.95. The highest BCUT2D eigenvalue weighted by molar-refractivity contribution is 7.87. The van der Waals surface area contributed by atoms with Gasteiger partial charge in [0.1, 0.15) is 0 Å². The van der Waals surface area contributed by atoms with Crippen molar-refractivity contribution >= 4 is 34.6 Å². The Morgan fingerprint density at radius 1 is 0.621 bits per heavy atom. The first-order chi connectivity index (χ1) is 14.2. The average Bonchev–Trinajstić information content (AvgIpc) is 2.79. The van der Waals surface area contributed by atoms with Crippen molar-refractivity contribution in [1.82, 2.24) is 0 Å².